The smallest absolute Gasteiger partial charge is 0.416 e. The molecule has 0 radical (unpaired) electrons. The molecule has 3 aliphatic rings. The summed E-state index contributed by atoms with van der Waals surface area (Å²) in [5, 5.41) is 3.67. The van der Waals surface area contributed by atoms with Crippen LogP contribution in [0.2, 0.25) is 0 Å². The van der Waals surface area contributed by atoms with Crippen LogP contribution in [0.15, 0.2) is 60.7 Å². The number of alkyl halides is 3. The molecule has 290 valence electrons. The molecule has 0 amide bonds. The zero-order valence-electron chi connectivity index (χ0n) is 33.1. The van der Waals surface area contributed by atoms with Crippen molar-refractivity contribution in [1.82, 2.24) is 4.90 Å². The van der Waals surface area contributed by atoms with E-state index < -0.39 is 17.3 Å². The summed E-state index contributed by atoms with van der Waals surface area (Å²) in [5.41, 5.74) is 4.32. The summed E-state index contributed by atoms with van der Waals surface area (Å²) in [5.74, 6) is 1.81. The number of nitrogens with one attached hydrogen (secondary N) is 1. The first-order chi connectivity index (χ1) is 25.3. The third kappa shape index (κ3) is 10.3. The Kier molecular flexibility index (Phi) is 14.1. The Morgan fingerprint density at radius 1 is 0.849 bits per heavy atom. The average molecular weight is 733 g/mol. The number of piperidine rings is 1. The lowest BCUT2D eigenvalue weighted by molar-refractivity contribution is -0.137. The van der Waals surface area contributed by atoms with Gasteiger partial charge >= 0.3 is 6.18 Å². The minimum atomic E-state index is -4.40. The number of carbonyl (C=O) groups is 1. The topological polar surface area (TPSA) is 41.6 Å². The zero-order valence-corrected chi connectivity index (χ0v) is 33.1. The van der Waals surface area contributed by atoms with Crippen LogP contribution in [0, 0.1) is 25.7 Å². The number of benzene rings is 3. The summed E-state index contributed by atoms with van der Waals surface area (Å²) in [6.07, 6.45) is 9.28. The number of para-hydroxylation sites is 1. The molecule has 0 bridgehead atoms. The number of hydrogen-bond acceptors (Lipinski definition) is 4. The van der Waals surface area contributed by atoms with Gasteiger partial charge in [0.2, 0.25) is 0 Å². The van der Waals surface area contributed by atoms with E-state index in [1.165, 1.54) is 43.4 Å². The van der Waals surface area contributed by atoms with E-state index in [0.717, 1.165) is 105 Å². The Morgan fingerprint density at radius 2 is 1.49 bits per heavy atom. The molecule has 7 heteroatoms. The van der Waals surface area contributed by atoms with Gasteiger partial charge in [0.25, 0.3) is 0 Å². The van der Waals surface area contributed by atoms with Crippen molar-refractivity contribution in [3.63, 3.8) is 0 Å². The molecule has 2 atom stereocenters. The monoisotopic (exact) mass is 732 g/mol. The quantitative estimate of drug-likeness (QED) is 0.132. The van der Waals surface area contributed by atoms with E-state index in [0.29, 0.717) is 11.5 Å². The second-order valence-electron chi connectivity index (χ2n) is 16.3. The van der Waals surface area contributed by atoms with E-state index in [4.69, 9.17) is 4.74 Å². The van der Waals surface area contributed by atoms with Gasteiger partial charge in [0.05, 0.1) is 5.56 Å². The van der Waals surface area contributed by atoms with Crippen LogP contribution in [0.3, 0.4) is 0 Å². The number of ether oxygens (including phenoxy) is 1. The number of rotatable bonds is 14. The molecular weight excluding hydrogens is 670 g/mol. The van der Waals surface area contributed by atoms with Crippen LogP contribution >= 0.6 is 0 Å². The van der Waals surface area contributed by atoms with E-state index in [-0.39, 0.29) is 23.7 Å². The third-order valence-electron chi connectivity index (χ3n) is 12.1. The van der Waals surface area contributed by atoms with E-state index in [1.54, 1.807) is 6.07 Å². The molecule has 2 saturated carbocycles. The summed E-state index contributed by atoms with van der Waals surface area (Å²) in [4.78, 5) is 15.2. The summed E-state index contributed by atoms with van der Waals surface area (Å²) in [6, 6.07) is 18.3. The van der Waals surface area contributed by atoms with Gasteiger partial charge in [-0.05, 0) is 138 Å². The van der Waals surface area contributed by atoms with Crippen LogP contribution in [0.4, 0.5) is 18.9 Å². The van der Waals surface area contributed by atoms with Gasteiger partial charge in [-0.25, -0.2) is 0 Å². The lowest BCUT2D eigenvalue weighted by atomic mass is 9.70. The molecule has 6 rings (SSSR count). The van der Waals surface area contributed by atoms with Crippen LogP contribution in [0.5, 0.6) is 5.75 Å². The van der Waals surface area contributed by atoms with Crippen LogP contribution in [-0.2, 0) is 11.8 Å². The predicted molar refractivity (Wildman–Crippen MR) is 212 cm³/mol. The van der Waals surface area contributed by atoms with Crippen molar-refractivity contribution in [2.75, 3.05) is 25.0 Å². The van der Waals surface area contributed by atoms with Crippen molar-refractivity contribution in [2.45, 2.75) is 142 Å². The summed E-state index contributed by atoms with van der Waals surface area (Å²) in [7, 11) is 0. The standard InChI is InChI=1S/C40H49F3N2O2.C6H14/c1-26-9-5-16-35(38(26)47-39(4,32-12-7-13-32)33-14-8-15-34(24-33)40(41,42)43)29-19-21-45(22-20-29)25-28(3)44-36-18-17-31(23-27(36)2)37(46)30-10-6-11-30;1-3-5-6-4-2/h5,8-9,14-18,23-24,28-30,32,44H,6-7,10-13,19-22,25H2,1-4H3;3-6H2,1-2H3. The van der Waals surface area contributed by atoms with Crippen LogP contribution in [0.25, 0.3) is 0 Å². The molecule has 3 aromatic rings. The number of carbonyl (C=O) groups excluding carboxylic acids is 1. The van der Waals surface area contributed by atoms with Crippen molar-refractivity contribution in [3.8, 4) is 5.75 Å². The fourth-order valence-corrected chi connectivity index (χ4v) is 8.20. The summed E-state index contributed by atoms with van der Waals surface area (Å²) >= 11 is 0. The number of anilines is 1. The van der Waals surface area contributed by atoms with Crippen LogP contribution < -0.4 is 10.1 Å². The molecule has 2 unspecified atom stereocenters. The van der Waals surface area contributed by atoms with Gasteiger partial charge in [-0.15, -0.1) is 0 Å². The van der Waals surface area contributed by atoms with Crippen LogP contribution in [0.1, 0.15) is 149 Å². The molecule has 1 N–H and O–H groups in total. The minimum absolute atomic E-state index is 0.164. The number of hydrogen-bond donors (Lipinski definition) is 1. The number of Topliss-reactive ketones (excluding diaryl/α,β-unsaturated/α-hetero) is 1. The lowest BCUT2D eigenvalue weighted by Gasteiger charge is -2.44. The van der Waals surface area contributed by atoms with Gasteiger partial charge in [-0.1, -0.05) is 82.7 Å². The van der Waals surface area contributed by atoms with Gasteiger partial charge < -0.3 is 15.0 Å². The Morgan fingerprint density at radius 3 is 2.06 bits per heavy atom. The zero-order chi connectivity index (χ0) is 38.2. The average Bonchev–Trinajstić information content (AvgIpc) is 3.08. The lowest BCUT2D eigenvalue weighted by Crippen LogP contribution is -2.42. The van der Waals surface area contributed by atoms with Crippen molar-refractivity contribution in [2.24, 2.45) is 11.8 Å². The highest BCUT2D eigenvalue weighted by Gasteiger charge is 2.44. The Labute approximate surface area is 317 Å². The highest BCUT2D eigenvalue weighted by Crippen LogP contribution is 2.48. The van der Waals surface area contributed by atoms with Crippen molar-refractivity contribution >= 4 is 11.5 Å². The van der Waals surface area contributed by atoms with Crippen molar-refractivity contribution < 1.29 is 22.7 Å². The second kappa shape index (κ2) is 18.3. The van der Waals surface area contributed by atoms with Crippen molar-refractivity contribution in [3.05, 3.63) is 94.0 Å². The molecule has 3 fully saturated rings. The number of nitrogens with zero attached hydrogens (tertiary/aromatic N) is 1. The maximum absolute atomic E-state index is 13.7. The molecule has 1 heterocycles. The Hall–Kier alpha value is -3.32. The minimum Gasteiger partial charge on any atom is -0.482 e. The van der Waals surface area contributed by atoms with Crippen molar-refractivity contribution in [1.29, 1.82) is 0 Å². The first-order valence-electron chi connectivity index (χ1n) is 20.4. The number of aryl methyl sites for hydroxylation is 2. The van der Waals surface area contributed by atoms with Gasteiger partial charge in [0, 0.05) is 35.7 Å². The van der Waals surface area contributed by atoms with E-state index >= 15 is 0 Å². The van der Waals surface area contributed by atoms with E-state index in [2.05, 4.69) is 56.1 Å². The molecule has 1 aliphatic heterocycles. The third-order valence-corrected chi connectivity index (χ3v) is 12.1. The summed E-state index contributed by atoms with van der Waals surface area (Å²) in [6.45, 7) is 15.6. The van der Waals surface area contributed by atoms with E-state index in [9.17, 15) is 18.0 Å². The molecule has 1 saturated heterocycles. The second-order valence-corrected chi connectivity index (χ2v) is 16.3. The predicted octanol–water partition coefficient (Wildman–Crippen LogP) is 12.7. The summed E-state index contributed by atoms with van der Waals surface area (Å²) < 4.78 is 48.1. The Bertz CT molecular complexity index is 1630. The number of likely N-dealkylation sites (tertiary alicyclic amines) is 1. The number of halogens is 3. The molecule has 2 aliphatic carbocycles. The highest BCUT2D eigenvalue weighted by molar-refractivity contribution is 5.98. The molecule has 0 spiro atoms. The fourth-order valence-electron chi connectivity index (χ4n) is 8.20. The number of unbranched alkanes of at least 4 members (excludes halogenated alkanes) is 3. The first kappa shape index (κ1) is 40.9. The van der Waals surface area contributed by atoms with Gasteiger partial charge in [0.15, 0.2) is 5.78 Å². The molecule has 4 nitrogen and oxygen atoms in total. The van der Waals surface area contributed by atoms with Crippen LogP contribution in [-0.4, -0.2) is 36.4 Å². The largest absolute Gasteiger partial charge is 0.482 e. The van der Waals surface area contributed by atoms with Gasteiger partial charge in [0.1, 0.15) is 11.4 Å². The first-order valence-corrected chi connectivity index (χ1v) is 20.4. The van der Waals surface area contributed by atoms with E-state index in [1.807, 2.05) is 32.0 Å². The fraction of sp³-hybridized carbons (Fsp3) is 0.587. The van der Waals surface area contributed by atoms with Gasteiger partial charge in [-0.2, -0.15) is 13.2 Å². The SMILES string of the molecule is CCCCCC.Cc1cc(C(=O)C2CCC2)ccc1NC(C)CN1CCC(c2cccc(C)c2OC(C)(c2cccc(C(F)(F)F)c2)C2CCC2)CC1. The maximum Gasteiger partial charge on any atom is 0.416 e. The molecule has 0 aromatic heterocycles. The molecular formula is C46H63F3N2O2. The Balaban J connectivity index is 0.000000833. The molecule has 53 heavy (non-hydrogen) atoms. The highest BCUT2D eigenvalue weighted by atomic mass is 19.4. The molecule has 3 aromatic carbocycles. The normalized spacial score (nSPS) is 18.9. The number of ketones is 1. The maximum atomic E-state index is 13.7. The van der Waals surface area contributed by atoms with Gasteiger partial charge in [-0.3, -0.25) is 4.79 Å².